The lowest BCUT2D eigenvalue weighted by molar-refractivity contribution is 0.125. The van der Waals surface area contributed by atoms with E-state index in [9.17, 15) is 0 Å². The van der Waals surface area contributed by atoms with Crippen LogP contribution in [0.25, 0.3) is 0 Å². The van der Waals surface area contributed by atoms with Crippen LogP contribution >= 0.6 is 15.9 Å². The molecule has 0 radical (unpaired) electrons. The third-order valence-corrected chi connectivity index (χ3v) is 3.53. The zero-order valence-corrected chi connectivity index (χ0v) is 13.2. The molecule has 1 aromatic rings. The van der Waals surface area contributed by atoms with E-state index in [1.807, 2.05) is 6.07 Å². The molecule has 18 heavy (non-hydrogen) atoms. The van der Waals surface area contributed by atoms with Crippen molar-refractivity contribution in [2.45, 2.75) is 26.4 Å². The van der Waals surface area contributed by atoms with Crippen LogP contribution < -0.4 is 4.74 Å². The van der Waals surface area contributed by atoms with Crippen LogP contribution in [-0.4, -0.2) is 38.3 Å². The van der Waals surface area contributed by atoms with Gasteiger partial charge >= 0.3 is 0 Å². The van der Waals surface area contributed by atoms with Crippen molar-refractivity contribution in [3.63, 3.8) is 0 Å². The van der Waals surface area contributed by atoms with E-state index in [-0.39, 0.29) is 0 Å². The fourth-order valence-corrected chi connectivity index (χ4v) is 2.36. The van der Waals surface area contributed by atoms with Crippen molar-refractivity contribution in [2.75, 3.05) is 27.4 Å². The molecule has 0 unspecified atom stereocenters. The van der Waals surface area contributed by atoms with E-state index in [0.717, 1.165) is 29.9 Å². The average Bonchev–Trinajstić information content (AvgIpc) is 2.34. The summed E-state index contributed by atoms with van der Waals surface area (Å²) in [7, 11) is 3.42. The van der Waals surface area contributed by atoms with E-state index in [0.29, 0.717) is 6.04 Å². The number of halogens is 1. The SMILES string of the molecule is COCCN(Cc1ccc(OC)c(Br)c1)C(C)C. The van der Waals surface area contributed by atoms with Gasteiger partial charge in [0, 0.05) is 26.2 Å². The first-order chi connectivity index (χ1) is 8.58. The molecule has 0 atom stereocenters. The minimum absolute atomic E-state index is 0.501. The van der Waals surface area contributed by atoms with Gasteiger partial charge in [-0.15, -0.1) is 0 Å². The lowest BCUT2D eigenvalue weighted by Crippen LogP contribution is -2.33. The summed E-state index contributed by atoms with van der Waals surface area (Å²) in [5.41, 5.74) is 1.27. The Morgan fingerprint density at radius 2 is 2.00 bits per heavy atom. The molecule has 0 aliphatic rings. The number of rotatable bonds is 7. The van der Waals surface area contributed by atoms with Gasteiger partial charge in [-0.3, -0.25) is 4.90 Å². The first-order valence-electron chi connectivity index (χ1n) is 6.14. The van der Waals surface area contributed by atoms with Gasteiger partial charge in [0.1, 0.15) is 5.75 Å². The molecule has 0 heterocycles. The van der Waals surface area contributed by atoms with Crippen LogP contribution in [0.4, 0.5) is 0 Å². The highest BCUT2D eigenvalue weighted by Gasteiger charge is 2.11. The predicted molar refractivity (Wildman–Crippen MR) is 78.1 cm³/mol. The van der Waals surface area contributed by atoms with E-state index < -0.39 is 0 Å². The summed E-state index contributed by atoms with van der Waals surface area (Å²) < 4.78 is 11.4. The van der Waals surface area contributed by atoms with Crippen molar-refractivity contribution in [2.24, 2.45) is 0 Å². The van der Waals surface area contributed by atoms with Gasteiger partial charge in [-0.1, -0.05) is 6.07 Å². The molecule has 0 aliphatic heterocycles. The van der Waals surface area contributed by atoms with Crippen molar-refractivity contribution in [3.05, 3.63) is 28.2 Å². The normalized spacial score (nSPS) is 11.3. The summed E-state index contributed by atoms with van der Waals surface area (Å²) in [4.78, 5) is 2.39. The number of ether oxygens (including phenoxy) is 2. The quantitative estimate of drug-likeness (QED) is 0.770. The fourth-order valence-electron chi connectivity index (χ4n) is 1.77. The summed E-state index contributed by atoms with van der Waals surface area (Å²) in [6.45, 7) is 7.03. The highest BCUT2D eigenvalue weighted by atomic mass is 79.9. The largest absolute Gasteiger partial charge is 0.496 e. The Kier molecular flexibility index (Phi) is 6.68. The molecule has 0 saturated carbocycles. The molecule has 0 N–H and O–H groups in total. The van der Waals surface area contributed by atoms with Gasteiger partial charge in [-0.05, 0) is 47.5 Å². The summed E-state index contributed by atoms with van der Waals surface area (Å²) >= 11 is 3.52. The molecule has 0 aromatic heterocycles. The first-order valence-corrected chi connectivity index (χ1v) is 6.93. The summed E-state index contributed by atoms with van der Waals surface area (Å²) in [5, 5.41) is 0. The number of hydrogen-bond acceptors (Lipinski definition) is 3. The lowest BCUT2D eigenvalue weighted by atomic mass is 10.2. The molecule has 0 aliphatic carbocycles. The molecule has 102 valence electrons. The van der Waals surface area contributed by atoms with E-state index >= 15 is 0 Å². The van der Waals surface area contributed by atoms with Gasteiger partial charge in [0.2, 0.25) is 0 Å². The van der Waals surface area contributed by atoms with Crippen LogP contribution in [0.2, 0.25) is 0 Å². The second-order valence-corrected chi connectivity index (χ2v) is 5.38. The molecule has 4 heteroatoms. The summed E-state index contributed by atoms with van der Waals surface area (Å²) in [5.74, 6) is 0.867. The van der Waals surface area contributed by atoms with Gasteiger partial charge in [-0.2, -0.15) is 0 Å². The molecular formula is C14H22BrNO2. The Labute approximate surface area is 118 Å². The minimum Gasteiger partial charge on any atom is -0.496 e. The zero-order chi connectivity index (χ0) is 13.5. The average molecular weight is 316 g/mol. The molecule has 0 amide bonds. The van der Waals surface area contributed by atoms with E-state index in [2.05, 4.69) is 46.8 Å². The molecule has 0 bridgehead atoms. The van der Waals surface area contributed by atoms with Gasteiger partial charge in [0.25, 0.3) is 0 Å². The smallest absolute Gasteiger partial charge is 0.133 e. The van der Waals surface area contributed by atoms with Gasteiger partial charge in [0.15, 0.2) is 0 Å². The third-order valence-electron chi connectivity index (χ3n) is 2.91. The van der Waals surface area contributed by atoms with E-state index in [1.54, 1.807) is 14.2 Å². The van der Waals surface area contributed by atoms with Crippen LogP contribution in [0.1, 0.15) is 19.4 Å². The van der Waals surface area contributed by atoms with Gasteiger partial charge in [0.05, 0.1) is 18.2 Å². The van der Waals surface area contributed by atoms with E-state index in [4.69, 9.17) is 9.47 Å². The molecule has 0 spiro atoms. The number of methoxy groups -OCH3 is 2. The summed E-state index contributed by atoms with van der Waals surface area (Å²) in [6.07, 6.45) is 0. The zero-order valence-electron chi connectivity index (χ0n) is 11.6. The van der Waals surface area contributed by atoms with Crippen molar-refractivity contribution in [1.29, 1.82) is 0 Å². The molecule has 0 fully saturated rings. The molecule has 1 aromatic carbocycles. The fraction of sp³-hybridized carbons (Fsp3) is 0.571. The van der Waals surface area contributed by atoms with Crippen LogP contribution in [0.5, 0.6) is 5.75 Å². The lowest BCUT2D eigenvalue weighted by Gasteiger charge is -2.26. The second kappa shape index (κ2) is 7.77. The standard InChI is InChI=1S/C14H22BrNO2/c1-11(2)16(7-8-17-3)10-12-5-6-14(18-4)13(15)9-12/h5-6,9,11H,7-8,10H2,1-4H3. The Morgan fingerprint density at radius 1 is 1.28 bits per heavy atom. The minimum atomic E-state index is 0.501. The first kappa shape index (κ1) is 15.5. The van der Waals surface area contributed by atoms with Crippen molar-refractivity contribution >= 4 is 15.9 Å². The number of nitrogens with zero attached hydrogens (tertiary/aromatic N) is 1. The van der Waals surface area contributed by atoms with Crippen LogP contribution in [0.15, 0.2) is 22.7 Å². The van der Waals surface area contributed by atoms with Gasteiger partial charge < -0.3 is 9.47 Å². The summed E-state index contributed by atoms with van der Waals surface area (Å²) in [6, 6.07) is 6.71. The number of benzene rings is 1. The van der Waals surface area contributed by atoms with Gasteiger partial charge in [-0.25, -0.2) is 0 Å². The van der Waals surface area contributed by atoms with E-state index in [1.165, 1.54) is 5.56 Å². The van der Waals surface area contributed by atoms with Crippen molar-refractivity contribution in [3.8, 4) is 5.75 Å². The van der Waals surface area contributed by atoms with Crippen LogP contribution in [0, 0.1) is 0 Å². The third kappa shape index (κ3) is 4.59. The predicted octanol–water partition coefficient (Wildman–Crippen LogP) is 3.31. The molecule has 0 saturated heterocycles. The highest BCUT2D eigenvalue weighted by Crippen LogP contribution is 2.26. The van der Waals surface area contributed by atoms with Crippen molar-refractivity contribution < 1.29 is 9.47 Å². The Balaban J connectivity index is 2.71. The molecular weight excluding hydrogens is 294 g/mol. The highest BCUT2D eigenvalue weighted by molar-refractivity contribution is 9.10. The topological polar surface area (TPSA) is 21.7 Å². The van der Waals surface area contributed by atoms with Crippen LogP contribution in [-0.2, 0) is 11.3 Å². The monoisotopic (exact) mass is 315 g/mol. The Morgan fingerprint density at radius 3 is 2.50 bits per heavy atom. The number of hydrogen-bond donors (Lipinski definition) is 0. The maximum absolute atomic E-state index is 5.24. The molecule has 1 rings (SSSR count). The van der Waals surface area contributed by atoms with Crippen LogP contribution in [0.3, 0.4) is 0 Å². The van der Waals surface area contributed by atoms with Crippen molar-refractivity contribution in [1.82, 2.24) is 4.90 Å². The Bertz CT molecular complexity index is 369. The Hall–Kier alpha value is -0.580. The second-order valence-electron chi connectivity index (χ2n) is 4.53. The maximum Gasteiger partial charge on any atom is 0.133 e. The molecule has 3 nitrogen and oxygen atoms in total. The maximum atomic E-state index is 5.24.